The van der Waals surface area contributed by atoms with E-state index in [9.17, 15) is 4.79 Å². The van der Waals surface area contributed by atoms with E-state index in [0.717, 1.165) is 12.0 Å². The van der Waals surface area contributed by atoms with Gasteiger partial charge in [0.25, 0.3) is 5.91 Å². The number of methoxy groups -OCH3 is 2. The Hall–Kier alpha value is -2.79. The molecular formula is C22H23NO3S. The molecule has 0 saturated heterocycles. The van der Waals surface area contributed by atoms with E-state index in [1.165, 1.54) is 15.6 Å². The first-order valence-corrected chi connectivity index (χ1v) is 9.65. The number of hydrogen-bond acceptors (Lipinski definition) is 4. The molecule has 0 saturated carbocycles. The van der Waals surface area contributed by atoms with Crippen LogP contribution in [0.2, 0.25) is 0 Å². The van der Waals surface area contributed by atoms with Crippen LogP contribution in [0.25, 0.3) is 10.1 Å². The highest BCUT2D eigenvalue weighted by atomic mass is 32.1. The van der Waals surface area contributed by atoms with Gasteiger partial charge in [-0.3, -0.25) is 4.79 Å². The number of amides is 1. The fourth-order valence-corrected chi connectivity index (χ4v) is 4.12. The zero-order valence-electron chi connectivity index (χ0n) is 15.6. The Morgan fingerprint density at radius 3 is 2.74 bits per heavy atom. The number of fused-ring (bicyclic) bond motifs is 1. The lowest BCUT2D eigenvalue weighted by molar-refractivity contribution is 0.0953. The van der Waals surface area contributed by atoms with E-state index < -0.39 is 0 Å². The van der Waals surface area contributed by atoms with Gasteiger partial charge in [0.1, 0.15) is 0 Å². The molecule has 0 radical (unpaired) electrons. The van der Waals surface area contributed by atoms with E-state index in [1.807, 2.05) is 18.2 Å². The molecule has 5 heteroatoms. The van der Waals surface area contributed by atoms with Crippen molar-refractivity contribution in [3.8, 4) is 11.5 Å². The second-order valence-electron chi connectivity index (χ2n) is 6.13. The molecule has 3 aromatic rings. The molecule has 140 valence electrons. The van der Waals surface area contributed by atoms with Gasteiger partial charge in [0, 0.05) is 22.4 Å². The fraction of sp³-hybridized carbons (Fsp3) is 0.227. The molecule has 0 atom stereocenters. The van der Waals surface area contributed by atoms with Crippen LogP contribution in [0, 0.1) is 0 Å². The molecule has 1 heterocycles. The van der Waals surface area contributed by atoms with Crippen molar-refractivity contribution in [3.05, 3.63) is 71.1 Å². The highest BCUT2D eigenvalue weighted by molar-refractivity contribution is 7.17. The highest BCUT2D eigenvalue weighted by Gasteiger charge is 2.15. The zero-order chi connectivity index (χ0) is 19.2. The minimum atomic E-state index is -0.124. The number of thiophene rings is 1. The van der Waals surface area contributed by atoms with Gasteiger partial charge in [-0.1, -0.05) is 24.3 Å². The molecule has 0 aliphatic rings. The molecule has 3 rings (SSSR count). The third-order valence-corrected chi connectivity index (χ3v) is 5.44. The number of allylic oxidation sites excluding steroid dienone is 1. The minimum absolute atomic E-state index is 0.124. The van der Waals surface area contributed by atoms with E-state index in [1.54, 1.807) is 37.7 Å². The average Bonchev–Trinajstić information content (AvgIpc) is 3.10. The Morgan fingerprint density at radius 1 is 1.19 bits per heavy atom. The molecule has 4 nitrogen and oxygen atoms in total. The first-order valence-electron chi connectivity index (χ1n) is 8.77. The van der Waals surface area contributed by atoms with Gasteiger partial charge in [-0.05, 0) is 47.4 Å². The summed E-state index contributed by atoms with van der Waals surface area (Å²) < 4.78 is 12.1. The van der Waals surface area contributed by atoms with E-state index in [4.69, 9.17) is 9.47 Å². The molecule has 0 spiro atoms. The summed E-state index contributed by atoms with van der Waals surface area (Å²) in [5, 5.41) is 6.43. The zero-order valence-corrected chi connectivity index (χ0v) is 16.4. The Labute approximate surface area is 163 Å². The molecule has 0 aliphatic heterocycles. The largest absolute Gasteiger partial charge is 0.493 e. The second kappa shape index (κ2) is 8.73. The van der Waals surface area contributed by atoms with Crippen molar-refractivity contribution in [1.82, 2.24) is 5.32 Å². The van der Waals surface area contributed by atoms with Crippen LogP contribution in [0.1, 0.15) is 21.5 Å². The van der Waals surface area contributed by atoms with Crippen LogP contribution in [0.15, 0.2) is 54.4 Å². The summed E-state index contributed by atoms with van der Waals surface area (Å²) in [5.41, 5.74) is 2.69. The Morgan fingerprint density at radius 2 is 2.00 bits per heavy atom. The second-order valence-corrected chi connectivity index (χ2v) is 7.04. The Kier molecular flexibility index (Phi) is 6.14. The third kappa shape index (κ3) is 4.14. The fourth-order valence-electron chi connectivity index (χ4n) is 3.12. The molecule has 27 heavy (non-hydrogen) atoms. The van der Waals surface area contributed by atoms with Crippen LogP contribution in [-0.4, -0.2) is 26.7 Å². The lowest BCUT2D eigenvalue weighted by Crippen LogP contribution is -2.25. The standard InChI is InChI=1S/C22H23NO3S/c1-4-7-15-12-17(13-19(25-2)21(15)26-3)22(24)23-11-10-16-14-27-20-9-6-5-8-18(16)20/h4-6,8-9,12-14H,1,7,10-11H2,2-3H3,(H,23,24). The van der Waals surface area contributed by atoms with Gasteiger partial charge in [-0.2, -0.15) is 0 Å². The first kappa shape index (κ1) is 19.0. The van der Waals surface area contributed by atoms with Crippen LogP contribution in [0.5, 0.6) is 11.5 Å². The predicted octanol–water partition coefficient (Wildman–Crippen LogP) is 4.62. The Balaban J connectivity index is 1.72. The van der Waals surface area contributed by atoms with Crippen molar-refractivity contribution in [2.45, 2.75) is 12.8 Å². The summed E-state index contributed by atoms with van der Waals surface area (Å²) in [5.74, 6) is 1.06. The van der Waals surface area contributed by atoms with Gasteiger partial charge in [0.2, 0.25) is 0 Å². The van der Waals surface area contributed by atoms with Crippen LogP contribution < -0.4 is 14.8 Å². The first-order chi connectivity index (χ1) is 13.2. The maximum Gasteiger partial charge on any atom is 0.251 e. The molecule has 0 unspecified atom stereocenters. The van der Waals surface area contributed by atoms with Crippen LogP contribution >= 0.6 is 11.3 Å². The van der Waals surface area contributed by atoms with Crippen molar-refractivity contribution in [2.24, 2.45) is 0 Å². The summed E-state index contributed by atoms with van der Waals surface area (Å²) in [4.78, 5) is 12.6. The van der Waals surface area contributed by atoms with Gasteiger partial charge in [0.05, 0.1) is 14.2 Å². The molecule has 0 aliphatic carbocycles. The Bertz CT molecular complexity index is 961. The number of rotatable bonds is 8. The summed E-state index contributed by atoms with van der Waals surface area (Å²) in [6.45, 7) is 4.34. The summed E-state index contributed by atoms with van der Waals surface area (Å²) in [6.07, 6.45) is 3.17. The normalized spacial score (nSPS) is 10.6. The highest BCUT2D eigenvalue weighted by Crippen LogP contribution is 2.33. The van der Waals surface area contributed by atoms with Crippen molar-refractivity contribution in [2.75, 3.05) is 20.8 Å². The van der Waals surface area contributed by atoms with Crippen LogP contribution in [0.3, 0.4) is 0 Å². The average molecular weight is 381 g/mol. The summed E-state index contributed by atoms with van der Waals surface area (Å²) >= 11 is 1.73. The van der Waals surface area contributed by atoms with Gasteiger partial charge < -0.3 is 14.8 Å². The lowest BCUT2D eigenvalue weighted by Gasteiger charge is -2.14. The minimum Gasteiger partial charge on any atom is -0.493 e. The van der Waals surface area contributed by atoms with E-state index >= 15 is 0 Å². The number of nitrogens with one attached hydrogen (secondary N) is 1. The van der Waals surface area contributed by atoms with Crippen molar-refractivity contribution in [3.63, 3.8) is 0 Å². The number of carbonyl (C=O) groups excluding carboxylic acids is 1. The smallest absolute Gasteiger partial charge is 0.251 e. The number of carbonyl (C=O) groups is 1. The van der Waals surface area contributed by atoms with E-state index in [2.05, 4.69) is 29.4 Å². The van der Waals surface area contributed by atoms with Gasteiger partial charge in [0.15, 0.2) is 11.5 Å². The van der Waals surface area contributed by atoms with Crippen molar-refractivity contribution < 1.29 is 14.3 Å². The third-order valence-electron chi connectivity index (χ3n) is 4.42. The molecule has 2 aromatic carbocycles. The predicted molar refractivity (Wildman–Crippen MR) is 111 cm³/mol. The molecular weight excluding hydrogens is 358 g/mol. The molecule has 1 amide bonds. The molecule has 0 bridgehead atoms. The van der Waals surface area contributed by atoms with Gasteiger partial charge >= 0.3 is 0 Å². The number of hydrogen-bond donors (Lipinski definition) is 1. The van der Waals surface area contributed by atoms with Gasteiger partial charge in [-0.25, -0.2) is 0 Å². The summed E-state index contributed by atoms with van der Waals surface area (Å²) in [7, 11) is 3.16. The van der Waals surface area contributed by atoms with Gasteiger partial charge in [-0.15, -0.1) is 17.9 Å². The molecule has 0 fully saturated rings. The monoisotopic (exact) mass is 381 g/mol. The number of benzene rings is 2. The van der Waals surface area contributed by atoms with Crippen LogP contribution in [-0.2, 0) is 12.8 Å². The van der Waals surface area contributed by atoms with Crippen LogP contribution in [0.4, 0.5) is 0 Å². The topological polar surface area (TPSA) is 47.6 Å². The van der Waals surface area contributed by atoms with Crippen molar-refractivity contribution in [1.29, 1.82) is 0 Å². The molecule has 1 aromatic heterocycles. The van der Waals surface area contributed by atoms with E-state index in [-0.39, 0.29) is 5.91 Å². The maximum absolute atomic E-state index is 12.6. The maximum atomic E-state index is 12.6. The lowest BCUT2D eigenvalue weighted by atomic mass is 10.0. The van der Waals surface area contributed by atoms with E-state index in [0.29, 0.717) is 30.0 Å². The molecule has 1 N–H and O–H groups in total. The number of ether oxygens (including phenoxy) is 2. The summed E-state index contributed by atoms with van der Waals surface area (Å²) in [6, 6.07) is 11.9. The quantitative estimate of drug-likeness (QED) is 0.579. The van der Waals surface area contributed by atoms with Crippen molar-refractivity contribution >= 4 is 27.3 Å². The SMILES string of the molecule is C=CCc1cc(C(=O)NCCc2csc3ccccc23)cc(OC)c1OC.